The van der Waals surface area contributed by atoms with Crippen LogP contribution < -0.4 is 0 Å². The van der Waals surface area contributed by atoms with E-state index < -0.39 is 0 Å². The van der Waals surface area contributed by atoms with E-state index >= 15 is 0 Å². The Morgan fingerprint density at radius 3 is 2.71 bits per heavy atom. The van der Waals surface area contributed by atoms with E-state index in [1.807, 2.05) is 6.92 Å². The fourth-order valence-corrected chi connectivity index (χ4v) is 2.75. The number of ketones is 1. The maximum absolute atomic E-state index is 11.8. The molecule has 1 heteroatoms. The molecule has 0 bridgehead atoms. The van der Waals surface area contributed by atoms with Crippen LogP contribution in [0.25, 0.3) is 0 Å². The lowest BCUT2D eigenvalue weighted by Gasteiger charge is -2.39. The molecule has 1 saturated carbocycles. The highest BCUT2D eigenvalue weighted by atomic mass is 16.1. The number of carbonyl (C=O) groups is 1. The van der Waals surface area contributed by atoms with E-state index in [-0.39, 0.29) is 5.41 Å². The average molecular weight is 234 g/mol. The van der Waals surface area contributed by atoms with Gasteiger partial charge in [-0.05, 0) is 43.6 Å². The Labute approximate surface area is 106 Å². The smallest absolute Gasteiger partial charge is 0.158 e. The van der Waals surface area contributed by atoms with E-state index in [2.05, 4.69) is 33.4 Å². The van der Waals surface area contributed by atoms with E-state index in [0.717, 1.165) is 18.4 Å². The van der Waals surface area contributed by atoms with Crippen LogP contribution in [-0.4, -0.2) is 5.78 Å². The van der Waals surface area contributed by atoms with Gasteiger partial charge in [-0.1, -0.05) is 39.0 Å². The zero-order valence-corrected chi connectivity index (χ0v) is 11.8. The zero-order valence-electron chi connectivity index (χ0n) is 11.8. The van der Waals surface area contributed by atoms with Crippen molar-refractivity contribution in [2.45, 2.75) is 59.8 Å². The van der Waals surface area contributed by atoms with Crippen molar-refractivity contribution in [2.75, 3.05) is 0 Å². The minimum absolute atomic E-state index is 0.253. The third-order valence-electron chi connectivity index (χ3n) is 3.93. The molecule has 1 aliphatic carbocycles. The molecular weight excluding hydrogens is 208 g/mol. The topological polar surface area (TPSA) is 17.1 Å². The van der Waals surface area contributed by atoms with Crippen LogP contribution in [0, 0.1) is 11.3 Å². The number of hydrogen-bond acceptors (Lipinski definition) is 1. The molecule has 0 aliphatic heterocycles. The van der Waals surface area contributed by atoms with Crippen molar-refractivity contribution in [3.8, 4) is 0 Å². The van der Waals surface area contributed by atoms with E-state index in [1.165, 1.54) is 18.4 Å². The number of Topliss-reactive ketones (excluding diaryl/α,β-unsaturated/α-hetero) is 1. The summed E-state index contributed by atoms with van der Waals surface area (Å²) in [6.07, 6.45) is 7.33. The Kier molecular flexibility index (Phi) is 4.73. The molecule has 0 amide bonds. The van der Waals surface area contributed by atoms with E-state index in [4.69, 9.17) is 0 Å². The van der Waals surface area contributed by atoms with Gasteiger partial charge in [-0.15, -0.1) is 0 Å². The summed E-state index contributed by atoms with van der Waals surface area (Å²) >= 11 is 0. The fraction of sp³-hybridized carbons (Fsp3) is 0.688. The lowest BCUT2D eigenvalue weighted by atomic mass is 9.66. The van der Waals surface area contributed by atoms with Crippen LogP contribution in [0.15, 0.2) is 23.8 Å². The monoisotopic (exact) mass is 234 g/mol. The van der Waals surface area contributed by atoms with E-state index in [1.54, 1.807) is 0 Å². The lowest BCUT2D eigenvalue weighted by molar-refractivity contribution is -0.115. The molecule has 0 spiro atoms. The van der Waals surface area contributed by atoms with Gasteiger partial charge in [0, 0.05) is 12.3 Å². The molecule has 1 atom stereocenters. The largest absolute Gasteiger partial charge is 0.295 e. The molecule has 0 aromatic carbocycles. The van der Waals surface area contributed by atoms with Crippen LogP contribution >= 0.6 is 0 Å². The van der Waals surface area contributed by atoms with Crippen LogP contribution in [0.2, 0.25) is 0 Å². The lowest BCUT2D eigenvalue weighted by Crippen LogP contribution is -2.28. The van der Waals surface area contributed by atoms with Gasteiger partial charge in [-0.3, -0.25) is 4.79 Å². The van der Waals surface area contributed by atoms with Crippen LogP contribution in [0.3, 0.4) is 0 Å². The Bertz CT molecular complexity index is 333. The first-order chi connectivity index (χ1) is 7.88. The highest BCUT2D eigenvalue weighted by molar-refractivity contribution is 5.94. The Morgan fingerprint density at radius 2 is 2.18 bits per heavy atom. The molecule has 0 aromatic heterocycles. The summed E-state index contributed by atoms with van der Waals surface area (Å²) in [5, 5.41) is 0. The highest BCUT2D eigenvalue weighted by Gasteiger charge is 2.33. The van der Waals surface area contributed by atoms with Crippen LogP contribution in [0.5, 0.6) is 0 Å². The highest BCUT2D eigenvalue weighted by Crippen LogP contribution is 2.44. The predicted molar refractivity (Wildman–Crippen MR) is 73.9 cm³/mol. The molecular formula is C16H26O. The average Bonchev–Trinajstić information content (AvgIpc) is 2.23. The van der Waals surface area contributed by atoms with Crippen molar-refractivity contribution < 1.29 is 4.79 Å². The van der Waals surface area contributed by atoms with Gasteiger partial charge in [-0.2, -0.15) is 0 Å². The van der Waals surface area contributed by atoms with Crippen molar-refractivity contribution in [2.24, 2.45) is 11.3 Å². The standard InChI is InChI=1S/C16H26O/c1-6-8-15(17)13(3)11-14-12(2)9-7-10-16(14,4)5/h11,14H,2,6-10H2,1,3-5H3/b13-11+. The maximum atomic E-state index is 11.8. The molecule has 17 heavy (non-hydrogen) atoms. The number of hydrogen-bond donors (Lipinski definition) is 0. The molecule has 0 aromatic rings. The van der Waals surface area contributed by atoms with Crippen molar-refractivity contribution in [3.05, 3.63) is 23.8 Å². The first-order valence-electron chi connectivity index (χ1n) is 6.77. The first-order valence-corrected chi connectivity index (χ1v) is 6.77. The fourth-order valence-electron chi connectivity index (χ4n) is 2.75. The molecule has 0 heterocycles. The van der Waals surface area contributed by atoms with Gasteiger partial charge in [-0.25, -0.2) is 0 Å². The van der Waals surface area contributed by atoms with E-state index in [9.17, 15) is 4.79 Å². The van der Waals surface area contributed by atoms with E-state index in [0.29, 0.717) is 18.1 Å². The first kappa shape index (κ1) is 14.2. The predicted octanol–water partition coefficient (Wildman–Crippen LogP) is 4.68. The van der Waals surface area contributed by atoms with Gasteiger partial charge in [0.05, 0.1) is 0 Å². The normalized spacial score (nSPS) is 24.8. The number of rotatable bonds is 4. The summed E-state index contributed by atoms with van der Waals surface area (Å²) in [5.74, 6) is 0.665. The summed E-state index contributed by atoms with van der Waals surface area (Å²) < 4.78 is 0. The summed E-state index contributed by atoms with van der Waals surface area (Å²) in [6, 6.07) is 0. The van der Waals surface area contributed by atoms with Gasteiger partial charge in [0.2, 0.25) is 0 Å². The molecule has 1 rings (SSSR count). The second-order valence-electron chi connectivity index (χ2n) is 6.00. The second kappa shape index (κ2) is 5.66. The summed E-state index contributed by atoms with van der Waals surface area (Å²) in [4.78, 5) is 11.8. The number of carbonyl (C=O) groups excluding carboxylic acids is 1. The molecule has 1 fully saturated rings. The van der Waals surface area contributed by atoms with Gasteiger partial charge < -0.3 is 0 Å². The molecule has 1 aliphatic rings. The molecule has 0 radical (unpaired) electrons. The third kappa shape index (κ3) is 3.55. The molecule has 0 saturated heterocycles. The van der Waals surface area contributed by atoms with Gasteiger partial charge >= 0.3 is 0 Å². The minimum atomic E-state index is 0.253. The van der Waals surface area contributed by atoms with Crippen molar-refractivity contribution in [3.63, 3.8) is 0 Å². The van der Waals surface area contributed by atoms with Crippen molar-refractivity contribution in [1.82, 2.24) is 0 Å². The molecule has 0 N–H and O–H groups in total. The van der Waals surface area contributed by atoms with Crippen molar-refractivity contribution >= 4 is 5.78 Å². The zero-order chi connectivity index (χ0) is 13.1. The molecule has 1 nitrogen and oxygen atoms in total. The van der Waals surface area contributed by atoms with Crippen LogP contribution in [0.1, 0.15) is 59.8 Å². The van der Waals surface area contributed by atoms with Crippen LogP contribution in [0.4, 0.5) is 0 Å². The second-order valence-corrected chi connectivity index (χ2v) is 6.00. The van der Waals surface area contributed by atoms with Crippen molar-refractivity contribution in [1.29, 1.82) is 0 Å². The molecule has 1 unspecified atom stereocenters. The Morgan fingerprint density at radius 1 is 1.53 bits per heavy atom. The van der Waals surface area contributed by atoms with Gasteiger partial charge in [0.25, 0.3) is 0 Å². The quantitative estimate of drug-likeness (QED) is 0.509. The molecule has 96 valence electrons. The Hall–Kier alpha value is -0.850. The Balaban J connectivity index is 2.86. The summed E-state index contributed by atoms with van der Waals surface area (Å²) in [5.41, 5.74) is 2.47. The summed E-state index contributed by atoms with van der Waals surface area (Å²) in [7, 11) is 0. The van der Waals surface area contributed by atoms with Gasteiger partial charge in [0.1, 0.15) is 0 Å². The number of allylic oxidation sites excluding steroid dienone is 3. The minimum Gasteiger partial charge on any atom is -0.295 e. The van der Waals surface area contributed by atoms with Gasteiger partial charge in [0.15, 0.2) is 5.78 Å². The van der Waals surface area contributed by atoms with Crippen LogP contribution in [-0.2, 0) is 4.79 Å². The summed E-state index contributed by atoms with van der Waals surface area (Å²) in [6.45, 7) is 12.8. The third-order valence-corrected chi connectivity index (χ3v) is 3.93. The maximum Gasteiger partial charge on any atom is 0.158 e. The SMILES string of the molecule is C=C1CCCC(C)(C)C1/C=C(\C)C(=O)CCC.